The number of amides is 2. The van der Waals surface area contributed by atoms with Gasteiger partial charge in [-0.15, -0.1) is 0 Å². The number of hydrogen-bond acceptors (Lipinski definition) is 3. The van der Waals surface area contributed by atoms with Crippen LogP contribution in [0.25, 0.3) is 0 Å². The predicted molar refractivity (Wildman–Crippen MR) is 105 cm³/mol. The predicted octanol–water partition coefficient (Wildman–Crippen LogP) is 3.70. The van der Waals surface area contributed by atoms with E-state index in [9.17, 15) is 14.7 Å². The molecule has 146 valence electrons. The molecule has 0 aliphatic carbocycles. The first-order valence-electron chi connectivity index (χ1n) is 9.93. The third-order valence-corrected chi connectivity index (χ3v) is 4.33. The summed E-state index contributed by atoms with van der Waals surface area (Å²) in [7, 11) is 0. The van der Waals surface area contributed by atoms with E-state index in [-0.39, 0.29) is 17.6 Å². The van der Waals surface area contributed by atoms with E-state index in [0.717, 1.165) is 44.1 Å². The average molecular weight is 363 g/mol. The maximum Gasteiger partial charge on any atom is 0.220 e. The van der Waals surface area contributed by atoms with E-state index in [2.05, 4.69) is 17.6 Å². The molecule has 0 bridgehead atoms. The van der Waals surface area contributed by atoms with Crippen LogP contribution in [0.15, 0.2) is 24.3 Å². The topological polar surface area (TPSA) is 78.4 Å². The van der Waals surface area contributed by atoms with Crippen LogP contribution < -0.4 is 10.6 Å². The lowest BCUT2D eigenvalue weighted by Gasteiger charge is -2.07. The highest BCUT2D eigenvalue weighted by Crippen LogP contribution is 2.09. The summed E-state index contributed by atoms with van der Waals surface area (Å²) < 4.78 is 0. The standard InChI is InChI=1S/C21H34N2O3/c1-2-3-4-6-9-20(25)22-16-8-5-7-10-21(26)23-17-15-18-11-13-19(24)14-12-18/h11-14,24H,2-10,15-17H2,1H3,(H,22,25)(H,23,26). The third kappa shape index (κ3) is 11.5. The Hall–Kier alpha value is -2.04. The summed E-state index contributed by atoms with van der Waals surface area (Å²) in [5.74, 6) is 0.474. The van der Waals surface area contributed by atoms with Crippen molar-refractivity contribution >= 4 is 11.8 Å². The molecule has 2 amide bonds. The van der Waals surface area contributed by atoms with E-state index < -0.39 is 0 Å². The van der Waals surface area contributed by atoms with Crippen LogP contribution in [0, 0.1) is 0 Å². The lowest BCUT2D eigenvalue weighted by Crippen LogP contribution is -2.25. The lowest BCUT2D eigenvalue weighted by atomic mass is 10.1. The fourth-order valence-electron chi connectivity index (χ4n) is 2.71. The van der Waals surface area contributed by atoms with Crippen molar-refractivity contribution in [1.29, 1.82) is 0 Å². The van der Waals surface area contributed by atoms with Crippen LogP contribution in [0.4, 0.5) is 0 Å². The number of hydrogen-bond donors (Lipinski definition) is 3. The Morgan fingerprint density at radius 3 is 2.00 bits per heavy atom. The first kappa shape index (κ1) is 22.0. The van der Waals surface area contributed by atoms with Crippen LogP contribution in [0.5, 0.6) is 5.75 Å². The maximum absolute atomic E-state index is 11.8. The van der Waals surface area contributed by atoms with Gasteiger partial charge in [-0.1, -0.05) is 44.7 Å². The van der Waals surface area contributed by atoms with Gasteiger partial charge in [-0.05, 0) is 43.4 Å². The second kappa shape index (κ2) is 14.2. The SMILES string of the molecule is CCCCCCC(=O)NCCCCCC(=O)NCCc1ccc(O)cc1. The molecule has 1 aromatic carbocycles. The number of phenols is 1. The molecule has 0 atom stereocenters. The van der Waals surface area contributed by atoms with Crippen LogP contribution >= 0.6 is 0 Å². The van der Waals surface area contributed by atoms with E-state index >= 15 is 0 Å². The Labute approximate surface area is 157 Å². The summed E-state index contributed by atoms with van der Waals surface area (Å²) in [4.78, 5) is 23.4. The summed E-state index contributed by atoms with van der Waals surface area (Å²) in [5, 5.41) is 15.1. The molecule has 26 heavy (non-hydrogen) atoms. The van der Waals surface area contributed by atoms with Gasteiger partial charge in [0, 0.05) is 25.9 Å². The van der Waals surface area contributed by atoms with Crippen molar-refractivity contribution in [2.45, 2.75) is 71.1 Å². The number of carbonyl (C=O) groups excluding carboxylic acids is 2. The largest absolute Gasteiger partial charge is 0.508 e. The number of carbonyl (C=O) groups is 2. The average Bonchev–Trinajstić information content (AvgIpc) is 2.63. The molecule has 5 nitrogen and oxygen atoms in total. The van der Waals surface area contributed by atoms with E-state index in [1.807, 2.05) is 12.1 Å². The molecule has 0 fully saturated rings. The Balaban J connectivity index is 1.93. The van der Waals surface area contributed by atoms with Gasteiger partial charge in [-0.2, -0.15) is 0 Å². The van der Waals surface area contributed by atoms with Gasteiger partial charge in [0.25, 0.3) is 0 Å². The third-order valence-electron chi connectivity index (χ3n) is 4.33. The van der Waals surface area contributed by atoms with E-state index in [4.69, 9.17) is 0 Å². The minimum atomic E-state index is 0.0729. The Morgan fingerprint density at radius 1 is 0.808 bits per heavy atom. The second-order valence-corrected chi connectivity index (χ2v) is 6.74. The number of rotatable bonds is 14. The van der Waals surface area contributed by atoms with Crippen molar-refractivity contribution in [1.82, 2.24) is 10.6 Å². The number of phenolic OH excluding ortho intramolecular Hbond substituents is 1. The van der Waals surface area contributed by atoms with Gasteiger partial charge in [0.1, 0.15) is 5.75 Å². The van der Waals surface area contributed by atoms with Crippen LogP contribution in [-0.2, 0) is 16.0 Å². The minimum Gasteiger partial charge on any atom is -0.508 e. The molecular weight excluding hydrogens is 328 g/mol. The summed E-state index contributed by atoms with van der Waals surface area (Å²) in [6, 6.07) is 7.03. The molecule has 0 spiro atoms. The summed E-state index contributed by atoms with van der Waals surface area (Å²) >= 11 is 0. The quantitative estimate of drug-likeness (QED) is 0.442. The Bertz CT molecular complexity index is 514. The lowest BCUT2D eigenvalue weighted by molar-refractivity contribution is -0.122. The van der Waals surface area contributed by atoms with Crippen LogP contribution in [0.2, 0.25) is 0 Å². The molecule has 0 saturated heterocycles. The monoisotopic (exact) mass is 362 g/mol. The first-order chi connectivity index (χ1) is 12.6. The zero-order valence-corrected chi connectivity index (χ0v) is 16.1. The Kier molecular flexibility index (Phi) is 12.0. The molecule has 0 saturated carbocycles. The number of unbranched alkanes of at least 4 members (excludes halogenated alkanes) is 5. The van der Waals surface area contributed by atoms with Gasteiger partial charge < -0.3 is 15.7 Å². The first-order valence-corrected chi connectivity index (χ1v) is 9.93. The summed E-state index contributed by atoms with van der Waals surface area (Å²) in [6.07, 6.45) is 9.12. The molecule has 0 unspecified atom stereocenters. The van der Waals surface area contributed by atoms with E-state index in [1.165, 1.54) is 12.8 Å². The van der Waals surface area contributed by atoms with Crippen LogP contribution in [-0.4, -0.2) is 30.0 Å². The van der Waals surface area contributed by atoms with Gasteiger partial charge in [-0.3, -0.25) is 9.59 Å². The van der Waals surface area contributed by atoms with Gasteiger partial charge in [0.15, 0.2) is 0 Å². The molecule has 1 aromatic rings. The molecular formula is C21H34N2O3. The number of aromatic hydroxyl groups is 1. The molecule has 3 N–H and O–H groups in total. The molecule has 0 heterocycles. The highest BCUT2D eigenvalue weighted by molar-refractivity contribution is 5.76. The molecule has 0 aromatic heterocycles. The molecule has 0 aliphatic rings. The van der Waals surface area contributed by atoms with Crippen molar-refractivity contribution in [3.8, 4) is 5.75 Å². The highest BCUT2D eigenvalue weighted by atomic mass is 16.3. The van der Waals surface area contributed by atoms with Crippen molar-refractivity contribution < 1.29 is 14.7 Å². The maximum atomic E-state index is 11.8. The van der Waals surface area contributed by atoms with Gasteiger partial charge in [-0.25, -0.2) is 0 Å². The van der Waals surface area contributed by atoms with E-state index in [1.54, 1.807) is 12.1 Å². The van der Waals surface area contributed by atoms with Crippen LogP contribution in [0.1, 0.15) is 70.3 Å². The zero-order valence-electron chi connectivity index (χ0n) is 16.1. The Morgan fingerprint density at radius 2 is 1.38 bits per heavy atom. The fraction of sp³-hybridized carbons (Fsp3) is 0.619. The molecule has 0 radical (unpaired) electrons. The fourth-order valence-corrected chi connectivity index (χ4v) is 2.71. The number of nitrogens with one attached hydrogen (secondary N) is 2. The van der Waals surface area contributed by atoms with Gasteiger partial charge in [0.05, 0.1) is 0 Å². The molecule has 1 rings (SSSR count). The van der Waals surface area contributed by atoms with Gasteiger partial charge >= 0.3 is 0 Å². The summed E-state index contributed by atoms with van der Waals surface area (Å²) in [6.45, 7) is 3.48. The highest BCUT2D eigenvalue weighted by Gasteiger charge is 2.03. The zero-order chi connectivity index (χ0) is 19.0. The molecule has 0 aliphatic heterocycles. The molecule has 5 heteroatoms. The van der Waals surface area contributed by atoms with Crippen molar-refractivity contribution in [2.75, 3.05) is 13.1 Å². The van der Waals surface area contributed by atoms with E-state index in [0.29, 0.717) is 25.9 Å². The minimum absolute atomic E-state index is 0.0729. The normalized spacial score (nSPS) is 10.5. The summed E-state index contributed by atoms with van der Waals surface area (Å²) in [5.41, 5.74) is 1.09. The van der Waals surface area contributed by atoms with Crippen molar-refractivity contribution in [2.24, 2.45) is 0 Å². The number of benzene rings is 1. The van der Waals surface area contributed by atoms with Gasteiger partial charge in [0.2, 0.25) is 11.8 Å². The van der Waals surface area contributed by atoms with Crippen molar-refractivity contribution in [3.05, 3.63) is 29.8 Å². The second-order valence-electron chi connectivity index (χ2n) is 6.74. The smallest absolute Gasteiger partial charge is 0.220 e. The van der Waals surface area contributed by atoms with Crippen LogP contribution in [0.3, 0.4) is 0 Å². The van der Waals surface area contributed by atoms with Crippen molar-refractivity contribution in [3.63, 3.8) is 0 Å².